The predicted molar refractivity (Wildman–Crippen MR) is 105 cm³/mol. The van der Waals surface area contributed by atoms with Crippen molar-refractivity contribution in [1.29, 1.82) is 0 Å². The molecular weight excluding hydrogens is 375 g/mol. The molecule has 0 fully saturated rings. The van der Waals surface area contributed by atoms with Crippen LogP contribution in [0.25, 0.3) is 16.8 Å². The van der Waals surface area contributed by atoms with Gasteiger partial charge in [-0.25, -0.2) is 18.7 Å². The van der Waals surface area contributed by atoms with Crippen LogP contribution in [0.1, 0.15) is 38.9 Å². The van der Waals surface area contributed by atoms with Gasteiger partial charge in [0.25, 0.3) is 0 Å². The lowest BCUT2D eigenvalue weighted by Gasteiger charge is -2.34. The van der Waals surface area contributed by atoms with Crippen LogP contribution in [0.2, 0.25) is 0 Å². The van der Waals surface area contributed by atoms with Gasteiger partial charge >= 0.3 is 6.09 Å². The highest BCUT2D eigenvalue weighted by atomic mass is 19.1. The summed E-state index contributed by atoms with van der Waals surface area (Å²) in [7, 11) is 1.81. The third kappa shape index (κ3) is 3.72. The van der Waals surface area contributed by atoms with Crippen LogP contribution in [0.3, 0.4) is 0 Å². The lowest BCUT2D eigenvalue weighted by atomic mass is 10.0. The van der Waals surface area contributed by atoms with Crippen molar-refractivity contribution in [3.8, 4) is 11.3 Å². The summed E-state index contributed by atoms with van der Waals surface area (Å²) in [6, 6.07) is -0.472. The summed E-state index contributed by atoms with van der Waals surface area (Å²) >= 11 is 0. The van der Waals surface area contributed by atoms with Crippen molar-refractivity contribution in [2.75, 3.05) is 6.54 Å². The van der Waals surface area contributed by atoms with Gasteiger partial charge in [0.15, 0.2) is 5.82 Å². The first-order chi connectivity index (χ1) is 13.7. The number of aromatic nitrogens is 5. The number of carbonyl (C=O) groups excluding carboxylic acids is 1. The lowest BCUT2D eigenvalue weighted by molar-refractivity contribution is 0.0173. The third-order valence-electron chi connectivity index (χ3n) is 4.63. The van der Waals surface area contributed by atoms with Gasteiger partial charge in [-0.15, -0.1) is 0 Å². The third-order valence-corrected chi connectivity index (χ3v) is 4.63. The topological polar surface area (TPSA) is 77.5 Å². The summed E-state index contributed by atoms with van der Waals surface area (Å²) in [5.41, 5.74) is 1.44. The van der Waals surface area contributed by atoms with Crippen molar-refractivity contribution in [3.63, 3.8) is 0 Å². The molecule has 152 valence electrons. The van der Waals surface area contributed by atoms with E-state index >= 15 is 0 Å². The van der Waals surface area contributed by atoms with Crippen LogP contribution in [-0.4, -0.2) is 47.5 Å². The number of hydrogen-bond acceptors (Lipinski definition) is 5. The van der Waals surface area contributed by atoms with Crippen molar-refractivity contribution in [1.82, 2.24) is 29.3 Å². The van der Waals surface area contributed by atoms with Crippen LogP contribution in [0.5, 0.6) is 0 Å². The Morgan fingerprint density at radius 3 is 2.69 bits per heavy atom. The maximum atomic E-state index is 14.6. The van der Waals surface area contributed by atoms with Gasteiger partial charge in [0.1, 0.15) is 11.1 Å². The molecule has 4 heterocycles. The predicted octanol–water partition coefficient (Wildman–Crippen LogP) is 3.51. The Labute approximate surface area is 167 Å². The molecule has 0 saturated heterocycles. The zero-order chi connectivity index (χ0) is 20.8. The lowest BCUT2D eigenvalue weighted by Crippen LogP contribution is -2.41. The minimum atomic E-state index is -0.634. The van der Waals surface area contributed by atoms with Crippen molar-refractivity contribution in [3.05, 3.63) is 48.5 Å². The van der Waals surface area contributed by atoms with Crippen molar-refractivity contribution in [2.24, 2.45) is 7.05 Å². The summed E-state index contributed by atoms with van der Waals surface area (Å²) in [5.74, 6) is -0.482. The van der Waals surface area contributed by atoms with Gasteiger partial charge in [0, 0.05) is 25.4 Å². The molecule has 1 atom stereocenters. The largest absolute Gasteiger partial charge is 0.444 e. The smallest absolute Gasteiger partial charge is 0.411 e. The Hall–Kier alpha value is -3.23. The first-order valence-corrected chi connectivity index (χ1v) is 9.40. The van der Waals surface area contributed by atoms with E-state index in [0.29, 0.717) is 24.4 Å². The van der Waals surface area contributed by atoms with E-state index in [4.69, 9.17) is 9.72 Å². The van der Waals surface area contributed by atoms with E-state index < -0.39 is 23.6 Å². The first-order valence-electron chi connectivity index (χ1n) is 9.40. The first kappa shape index (κ1) is 19.1. The number of carbonyl (C=O) groups is 1. The van der Waals surface area contributed by atoms with E-state index in [2.05, 4.69) is 10.2 Å². The Bertz CT molecular complexity index is 1090. The molecule has 0 bridgehead atoms. The second kappa shape index (κ2) is 6.98. The van der Waals surface area contributed by atoms with E-state index in [-0.39, 0.29) is 5.52 Å². The average molecular weight is 398 g/mol. The Kier molecular flexibility index (Phi) is 4.60. The standard InChI is InChI=1S/C20H23FN6O2/c1-20(2,3)29-19(28)26-8-6-5-7-16(26)17-18-14(21)10-23-27(18)12-15(24-17)13-9-22-25(4)11-13/h5-6,9-12,16H,7-8H2,1-4H3. The van der Waals surface area contributed by atoms with Crippen LogP contribution in [0.15, 0.2) is 36.9 Å². The number of fused-ring (bicyclic) bond motifs is 1. The number of nitrogens with zero attached hydrogens (tertiary/aromatic N) is 6. The highest BCUT2D eigenvalue weighted by Crippen LogP contribution is 2.33. The molecule has 0 spiro atoms. The van der Waals surface area contributed by atoms with Gasteiger partial charge in [-0.2, -0.15) is 10.2 Å². The second-order valence-corrected chi connectivity index (χ2v) is 8.06. The molecular formula is C20H23FN6O2. The molecule has 1 aliphatic rings. The monoisotopic (exact) mass is 398 g/mol. The van der Waals surface area contributed by atoms with E-state index in [0.717, 1.165) is 11.8 Å². The molecule has 0 aromatic carbocycles. The summed E-state index contributed by atoms with van der Waals surface area (Å²) in [6.07, 6.45) is 10.2. The summed E-state index contributed by atoms with van der Waals surface area (Å²) in [4.78, 5) is 19.1. The molecule has 8 nitrogen and oxygen atoms in total. The van der Waals surface area contributed by atoms with Gasteiger partial charge in [-0.05, 0) is 27.2 Å². The van der Waals surface area contributed by atoms with Crippen molar-refractivity contribution in [2.45, 2.75) is 38.8 Å². The summed E-state index contributed by atoms with van der Waals surface area (Å²) in [6.45, 7) is 5.81. The molecule has 0 aliphatic carbocycles. The summed E-state index contributed by atoms with van der Waals surface area (Å²) < 4.78 is 23.3. The van der Waals surface area contributed by atoms with Crippen LogP contribution >= 0.6 is 0 Å². The van der Waals surface area contributed by atoms with Crippen LogP contribution in [-0.2, 0) is 11.8 Å². The minimum Gasteiger partial charge on any atom is -0.444 e. The molecule has 9 heteroatoms. The van der Waals surface area contributed by atoms with E-state index in [1.54, 1.807) is 22.0 Å². The van der Waals surface area contributed by atoms with Crippen molar-refractivity contribution >= 4 is 11.6 Å². The van der Waals surface area contributed by atoms with Crippen molar-refractivity contribution < 1.29 is 13.9 Å². The number of rotatable bonds is 2. The highest BCUT2D eigenvalue weighted by molar-refractivity contribution is 5.71. The zero-order valence-corrected chi connectivity index (χ0v) is 16.8. The maximum Gasteiger partial charge on any atom is 0.411 e. The zero-order valence-electron chi connectivity index (χ0n) is 16.8. The average Bonchev–Trinajstić information content (AvgIpc) is 3.26. The number of ether oxygens (including phenoxy) is 1. The van der Waals surface area contributed by atoms with Gasteiger partial charge in [-0.3, -0.25) is 9.58 Å². The Balaban J connectivity index is 1.83. The van der Waals surface area contributed by atoms with E-state index in [9.17, 15) is 9.18 Å². The molecule has 1 unspecified atom stereocenters. The summed E-state index contributed by atoms with van der Waals surface area (Å²) in [5, 5.41) is 8.30. The molecule has 0 saturated carbocycles. The van der Waals surface area contributed by atoms with Crippen LogP contribution < -0.4 is 0 Å². The second-order valence-electron chi connectivity index (χ2n) is 8.06. The van der Waals surface area contributed by atoms with Crippen LogP contribution in [0, 0.1) is 5.82 Å². The minimum absolute atomic E-state index is 0.256. The molecule has 4 rings (SSSR count). The fraction of sp³-hybridized carbons (Fsp3) is 0.400. The normalized spacial score (nSPS) is 17.1. The Morgan fingerprint density at radius 1 is 1.21 bits per heavy atom. The molecule has 3 aromatic heterocycles. The van der Waals surface area contributed by atoms with Gasteiger partial charge in [-0.1, -0.05) is 12.2 Å². The molecule has 29 heavy (non-hydrogen) atoms. The highest BCUT2D eigenvalue weighted by Gasteiger charge is 2.33. The van der Waals surface area contributed by atoms with Crippen LogP contribution in [0.4, 0.5) is 9.18 Å². The fourth-order valence-electron chi connectivity index (χ4n) is 3.38. The molecule has 0 radical (unpaired) electrons. The number of halogens is 1. The van der Waals surface area contributed by atoms with E-state index in [1.807, 2.05) is 46.2 Å². The molecule has 0 N–H and O–H groups in total. The molecule has 1 amide bonds. The van der Waals surface area contributed by atoms with Gasteiger partial charge in [0.2, 0.25) is 0 Å². The maximum absolute atomic E-state index is 14.6. The number of amides is 1. The van der Waals surface area contributed by atoms with Gasteiger partial charge < -0.3 is 4.74 Å². The van der Waals surface area contributed by atoms with Gasteiger partial charge in [0.05, 0.1) is 36.0 Å². The Morgan fingerprint density at radius 2 is 2.00 bits per heavy atom. The molecule has 1 aliphatic heterocycles. The SMILES string of the molecule is Cn1cc(-c2cn3ncc(F)c3c(C3CC=CCN3C(=O)OC(C)(C)C)n2)cn1. The fourth-order valence-corrected chi connectivity index (χ4v) is 3.38. The number of hydrogen-bond donors (Lipinski definition) is 0. The molecule has 3 aromatic rings. The van der Waals surface area contributed by atoms with E-state index in [1.165, 1.54) is 4.52 Å². The number of aryl methyl sites for hydroxylation is 1. The quantitative estimate of drug-likeness (QED) is 0.618.